The largest absolute Gasteiger partial charge is 0.481 e. The van der Waals surface area contributed by atoms with Gasteiger partial charge in [0, 0.05) is 10.6 Å². The molecule has 3 nitrogen and oxygen atoms in total. The van der Waals surface area contributed by atoms with Crippen molar-refractivity contribution >= 4 is 17.7 Å². The SMILES string of the molecule is CC(O)CSc1ccc(CC(=O)O)cc1. The van der Waals surface area contributed by atoms with E-state index in [1.165, 1.54) is 0 Å². The molecule has 0 fully saturated rings. The van der Waals surface area contributed by atoms with Crippen LogP contribution in [-0.4, -0.2) is 28.0 Å². The van der Waals surface area contributed by atoms with Gasteiger partial charge in [-0.1, -0.05) is 12.1 Å². The highest BCUT2D eigenvalue weighted by Crippen LogP contribution is 2.19. The summed E-state index contributed by atoms with van der Waals surface area (Å²) in [6.07, 6.45) is -0.268. The molecule has 0 heterocycles. The summed E-state index contributed by atoms with van der Waals surface area (Å²) in [5.41, 5.74) is 0.795. The number of carboxylic acid groups (broad SMARTS) is 1. The fraction of sp³-hybridized carbons (Fsp3) is 0.364. The average Bonchev–Trinajstić information content (AvgIpc) is 2.16. The first-order valence-corrected chi connectivity index (χ1v) is 5.68. The van der Waals surface area contributed by atoms with Crippen LogP contribution < -0.4 is 0 Å². The van der Waals surface area contributed by atoms with Crippen LogP contribution >= 0.6 is 11.8 Å². The fourth-order valence-electron chi connectivity index (χ4n) is 1.09. The second-order valence-corrected chi connectivity index (χ2v) is 4.47. The van der Waals surface area contributed by atoms with E-state index in [0.717, 1.165) is 10.5 Å². The van der Waals surface area contributed by atoms with E-state index >= 15 is 0 Å². The molecule has 82 valence electrons. The zero-order valence-electron chi connectivity index (χ0n) is 8.51. The molecular weight excluding hydrogens is 212 g/mol. The molecule has 4 heteroatoms. The van der Waals surface area contributed by atoms with E-state index in [0.29, 0.717) is 5.75 Å². The number of aliphatic hydroxyl groups excluding tert-OH is 1. The Bertz CT molecular complexity index is 319. The second-order valence-electron chi connectivity index (χ2n) is 3.37. The van der Waals surface area contributed by atoms with Gasteiger partial charge in [0.1, 0.15) is 0 Å². The van der Waals surface area contributed by atoms with Gasteiger partial charge in [0.15, 0.2) is 0 Å². The first kappa shape index (κ1) is 12.1. The van der Waals surface area contributed by atoms with Gasteiger partial charge in [-0.2, -0.15) is 0 Å². The van der Waals surface area contributed by atoms with Gasteiger partial charge in [-0.05, 0) is 24.6 Å². The summed E-state index contributed by atoms with van der Waals surface area (Å²) in [6, 6.07) is 7.37. The monoisotopic (exact) mass is 226 g/mol. The Balaban J connectivity index is 2.52. The van der Waals surface area contributed by atoms with Crippen LogP contribution in [0.15, 0.2) is 29.2 Å². The predicted molar refractivity (Wildman–Crippen MR) is 60.2 cm³/mol. The lowest BCUT2D eigenvalue weighted by Crippen LogP contribution is -2.02. The molecular formula is C11H14O3S. The molecule has 0 aliphatic rings. The van der Waals surface area contributed by atoms with Crippen LogP contribution in [0.3, 0.4) is 0 Å². The van der Waals surface area contributed by atoms with Crippen LogP contribution in [0.1, 0.15) is 12.5 Å². The van der Waals surface area contributed by atoms with Crippen molar-refractivity contribution in [1.82, 2.24) is 0 Å². The number of aliphatic carboxylic acids is 1. The summed E-state index contributed by atoms with van der Waals surface area (Å²) in [6.45, 7) is 1.74. The standard InChI is InChI=1S/C11H14O3S/c1-8(12)7-15-10-4-2-9(3-5-10)6-11(13)14/h2-5,8,12H,6-7H2,1H3,(H,13,14). The summed E-state index contributed by atoms with van der Waals surface area (Å²) in [7, 11) is 0. The fourth-order valence-corrected chi connectivity index (χ4v) is 1.86. The maximum atomic E-state index is 10.4. The zero-order chi connectivity index (χ0) is 11.3. The van der Waals surface area contributed by atoms with Gasteiger partial charge in [-0.3, -0.25) is 4.79 Å². The Morgan fingerprint density at radius 3 is 2.47 bits per heavy atom. The highest BCUT2D eigenvalue weighted by molar-refractivity contribution is 7.99. The van der Waals surface area contributed by atoms with Gasteiger partial charge in [-0.25, -0.2) is 0 Å². The first-order chi connectivity index (χ1) is 7.08. The van der Waals surface area contributed by atoms with Crippen molar-refractivity contribution in [3.05, 3.63) is 29.8 Å². The van der Waals surface area contributed by atoms with Gasteiger partial charge in [0.05, 0.1) is 12.5 Å². The van der Waals surface area contributed by atoms with Crippen LogP contribution in [0.4, 0.5) is 0 Å². The Morgan fingerprint density at radius 1 is 1.40 bits per heavy atom. The Morgan fingerprint density at radius 2 is 2.00 bits per heavy atom. The third kappa shape index (κ3) is 4.85. The molecule has 0 spiro atoms. The van der Waals surface area contributed by atoms with Gasteiger partial charge in [0.2, 0.25) is 0 Å². The van der Waals surface area contributed by atoms with Crippen LogP contribution in [0, 0.1) is 0 Å². The molecule has 0 aromatic heterocycles. The summed E-state index contributed by atoms with van der Waals surface area (Å²) < 4.78 is 0. The van der Waals surface area contributed by atoms with Crippen molar-refractivity contribution in [2.75, 3.05) is 5.75 Å². The average molecular weight is 226 g/mol. The Labute approximate surface area is 93.1 Å². The van der Waals surface area contributed by atoms with Crippen molar-refractivity contribution in [1.29, 1.82) is 0 Å². The molecule has 0 bridgehead atoms. The quantitative estimate of drug-likeness (QED) is 0.751. The molecule has 2 N–H and O–H groups in total. The lowest BCUT2D eigenvalue weighted by molar-refractivity contribution is -0.136. The first-order valence-electron chi connectivity index (χ1n) is 4.69. The third-order valence-electron chi connectivity index (χ3n) is 1.77. The topological polar surface area (TPSA) is 57.5 Å². The molecule has 0 radical (unpaired) electrons. The van der Waals surface area contributed by atoms with E-state index in [-0.39, 0.29) is 12.5 Å². The Hall–Kier alpha value is -1.00. The number of hydrogen-bond acceptors (Lipinski definition) is 3. The lowest BCUT2D eigenvalue weighted by Gasteiger charge is -2.04. The van der Waals surface area contributed by atoms with Crippen molar-refractivity contribution in [2.45, 2.75) is 24.3 Å². The minimum absolute atomic E-state index is 0.0569. The predicted octanol–water partition coefficient (Wildman–Crippen LogP) is 1.79. The second kappa shape index (κ2) is 5.78. The van der Waals surface area contributed by atoms with E-state index in [2.05, 4.69) is 0 Å². The molecule has 0 amide bonds. The summed E-state index contributed by atoms with van der Waals surface area (Å²) in [5, 5.41) is 17.7. The number of rotatable bonds is 5. The summed E-state index contributed by atoms with van der Waals surface area (Å²) in [5.74, 6) is -0.169. The van der Waals surface area contributed by atoms with Gasteiger partial charge in [-0.15, -0.1) is 11.8 Å². The summed E-state index contributed by atoms with van der Waals surface area (Å²) >= 11 is 1.56. The molecule has 1 aromatic rings. The normalized spacial score (nSPS) is 12.4. The van der Waals surface area contributed by atoms with E-state index in [9.17, 15) is 4.79 Å². The minimum atomic E-state index is -0.820. The number of benzene rings is 1. The summed E-state index contributed by atoms with van der Waals surface area (Å²) in [4.78, 5) is 11.5. The number of thioether (sulfide) groups is 1. The maximum absolute atomic E-state index is 10.4. The maximum Gasteiger partial charge on any atom is 0.307 e. The Kier molecular flexibility index (Phi) is 4.65. The molecule has 1 unspecified atom stereocenters. The smallest absolute Gasteiger partial charge is 0.307 e. The highest BCUT2D eigenvalue weighted by Gasteiger charge is 2.01. The van der Waals surface area contributed by atoms with E-state index < -0.39 is 5.97 Å². The third-order valence-corrected chi connectivity index (χ3v) is 3.02. The molecule has 0 aliphatic carbocycles. The van der Waals surface area contributed by atoms with Crippen LogP contribution in [-0.2, 0) is 11.2 Å². The number of carboxylic acids is 1. The molecule has 1 atom stereocenters. The van der Waals surface area contributed by atoms with Crippen molar-refractivity contribution < 1.29 is 15.0 Å². The highest BCUT2D eigenvalue weighted by atomic mass is 32.2. The van der Waals surface area contributed by atoms with E-state index in [1.54, 1.807) is 30.8 Å². The van der Waals surface area contributed by atoms with Crippen LogP contribution in [0.25, 0.3) is 0 Å². The van der Waals surface area contributed by atoms with Gasteiger partial charge in [0.25, 0.3) is 0 Å². The molecule has 0 saturated carbocycles. The van der Waals surface area contributed by atoms with Crippen LogP contribution in [0.2, 0.25) is 0 Å². The number of hydrogen-bond donors (Lipinski definition) is 2. The van der Waals surface area contributed by atoms with Crippen molar-refractivity contribution in [3.63, 3.8) is 0 Å². The lowest BCUT2D eigenvalue weighted by atomic mass is 10.2. The number of carbonyl (C=O) groups is 1. The molecule has 0 saturated heterocycles. The minimum Gasteiger partial charge on any atom is -0.481 e. The van der Waals surface area contributed by atoms with Gasteiger partial charge >= 0.3 is 5.97 Å². The van der Waals surface area contributed by atoms with Crippen LogP contribution in [0.5, 0.6) is 0 Å². The van der Waals surface area contributed by atoms with E-state index in [4.69, 9.17) is 10.2 Å². The molecule has 1 rings (SSSR count). The van der Waals surface area contributed by atoms with Gasteiger partial charge < -0.3 is 10.2 Å². The zero-order valence-corrected chi connectivity index (χ0v) is 9.33. The van der Waals surface area contributed by atoms with Crippen molar-refractivity contribution in [3.8, 4) is 0 Å². The molecule has 15 heavy (non-hydrogen) atoms. The number of aliphatic hydroxyl groups is 1. The van der Waals surface area contributed by atoms with E-state index in [1.807, 2.05) is 12.1 Å². The molecule has 0 aliphatic heterocycles. The molecule has 1 aromatic carbocycles. The van der Waals surface area contributed by atoms with Crippen molar-refractivity contribution in [2.24, 2.45) is 0 Å².